The summed E-state index contributed by atoms with van der Waals surface area (Å²) in [6, 6.07) is 3.56. The molecule has 0 aliphatic heterocycles. The first kappa shape index (κ1) is 16.6. The summed E-state index contributed by atoms with van der Waals surface area (Å²) in [6.45, 7) is 2.48. The summed E-state index contributed by atoms with van der Waals surface area (Å²) in [4.78, 5) is 1.02. The second kappa shape index (κ2) is 7.36. The average Bonchev–Trinajstić information content (AvgIpc) is 2.69. The Morgan fingerprint density at radius 3 is 2.68 bits per heavy atom. The first-order valence-corrected chi connectivity index (χ1v) is 8.60. The third-order valence-corrected chi connectivity index (χ3v) is 6.19. The van der Waals surface area contributed by atoms with Gasteiger partial charge in [0.2, 0.25) is 10.0 Å². The predicted molar refractivity (Wildman–Crippen MR) is 77.6 cm³/mol. The van der Waals surface area contributed by atoms with Crippen LogP contribution < -0.4 is 0 Å². The van der Waals surface area contributed by atoms with E-state index in [1.165, 1.54) is 22.8 Å². The Hall–Kier alpha value is -0.460. The van der Waals surface area contributed by atoms with Crippen LogP contribution in [0.2, 0.25) is 0 Å². The van der Waals surface area contributed by atoms with Gasteiger partial charge in [-0.3, -0.25) is 0 Å². The van der Waals surface area contributed by atoms with E-state index in [9.17, 15) is 8.42 Å². The van der Waals surface area contributed by atoms with Crippen LogP contribution in [0.1, 0.15) is 11.3 Å². The maximum Gasteiger partial charge on any atom is 0.244 e. The molecule has 0 spiro atoms. The molecule has 0 fully saturated rings. The molecular formula is C11H15BrN2O3S2. The minimum atomic E-state index is -3.57. The van der Waals surface area contributed by atoms with Gasteiger partial charge in [0.15, 0.2) is 0 Å². The molecule has 1 rings (SSSR count). The van der Waals surface area contributed by atoms with Crippen LogP contribution in [0.3, 0.4) is 0 Å². The van der Waals surface area contributed by atoms with Crippen LogP contribution in [0.5, 0.6) is 0 Å². The van der Waals surface area contributed by atoms with Gasteiger partial charge in [-0.1, -0.05) is 0 Å². The van der Waals surface area contributed by atoms with Gasteiger partial charge in [0.05, 0.1) is 21.4 Å². The second-order valence-electron chi connectivity index (χ2n) is 3.78. The molecule has 0 bridgehead atoms. The monoisotopic (exact) mass is 366 g/mol. The van der Waals surface area contributed by atoms with Crippen molar-refractivity contribution in [1.29, 1.82) is 5.26 Å². The van der Waals surface area contributed by atoms with Crippen molar-refractivity contribution in [2.24, 2.45) is 0 Å². The Labute approximate surface area is 126 Å². The van der Waals surface area contributed by atoms with Gasteiger partial charge in [-0.2, -0.15) is 9.57 Å². The third kappa shape index (κ3) is 4.26. The number of sulfonamides is 1. The number of aryl methyl sites for hydroxylation is 1. The molecule has 0 N–H and O–H groups in total. The molecule has 0 unspecified atom stereocenters. The van der Waals surface area contributed by atoms with Crippen molar-refractivity contribution in [2.45, 2.75) is 18.2 Å². The van der Waals surface area contributed by atoms with Crippen molar-refractivity contribution < 1.29 is 13.2 Å². The van der Waals surface area contributed by atoms with Gasteiger partial charge in [-0.05, 0) is 28.9 Å². The number of halogens is 1. The number of nitriles is 1. The highest BCUT2D eigenvalue weighted by Crippen LogP contribution is 2.31. The van der Waals surface area contributed by atoms with E-state index in [0.717, 1.165) is 8.66 Å². The molecule has 0 saturated carbocycles. The van der Waals surface area contributed by atoms with Crippen LogP contribution in [-0.2, 0) is 14.8 Å². The number of thiophene rings is 1. The molecule has 1 aromatic heterocycles. The first-order valence-electron chi connectivity index (χ1n) is 5.55. The molecule has 0 atom stereocenters. The molecule has 1 aromatic rings. The van der Waals surface area contributed by atoms with Crippen LogP contribution in [-0.4, -0.2) is 39.5 Å². The number of nitrogens with zero attached hydrogens (tertiary/aromatic N) is 2. The van der Waals surface area contributed by atoms with Gasteiger partial charge >= 0.3 is 0 Å². The van der Waals surface area contributed by atoms with E-state index in [1.807, 2.05) is 6.07 Å². The Morgan fingerprint density at radius 2 is 2.21 bits per heavy atom. The fraction of sp³-hybridized carbons (Fsp3) is 0.545. The van der Waals surface area contributed by atoms with E-state index in [0.29, 0.717) is 11.5 Å². The molecule has 5 nitrogen and oxygen atoms in total. The van der Waals surface area contributed by atoms with Gasteiger partial charge < -0.3 is 4.74 Å². The highest BCUT2D eigenvalue weighted by molar-refractivity contribution is 9.11. The molecule has 0 aliphatic rings. The van der Waals surface area contributed by atoms with Crippen molar-refractivity contribution in [2.75, 3.05) is 26.8 Å². The summed E-state index contributed by atoms with van der Waals surface area (Å²) in [7, 11) is -2.06. The summed E-state index contributed by atoms with van der Waals surface area (Å²) in [5, 5.41) is 8.63. The molecule has 0 amide bonds. The molecular weight excluding hydrogens is 352 g/mol. The topological polar surface area (TPSA) is 70.4 Å². The molecule has 106 valence electrons. The van der Waals surface area contributed by atoms with Crippen molar-refractivity contribution in [1.82, 2.24) is 4.31 Å². The van der Waals surface area contributed by atoms with Crippen LogP contribution in [0.25, 0.3) is 0 Å². The van der Waals surface area contributed by atoms with Crippen molar-refractivity contribution in [3.8, 4) is 6.07 Å². The second-order valence-corrected chi connectivity index (χ2v) is 8.32. The fourth-order valence-electron chi connectivity index (χ4n) is 1.55. The number of hydrogen-bond acceptors (Lipinski definition) is 5. The Kier molecular flexibility index (Phi) is 6.42. The van der Waals surface area contributed by atoms with Crippen LogP contribution in [0.4, 0.5) is 0 Å². The molecule has 0 aromatic carbocycles. The lowest BCUT2D eigenvalue weighted by Gasteiger charge is -2.20. The summed E-state index contributed by atoms with van der Waals surface area (Å²) < 4.78 is 32.0. The maximum atomic E-state index is 12.5. The van der Waals surface area contributed by atoms with E-state index < -0.39 is 10.0 Å². The highest BCUT2D eigenvalue weighted by Gasteiger charge is 2.27. The van der Waals surface area contributed by atoms with E-state index in [-0.39, 0.29) is 19.5 Å². The van der Waals surface area contributed by atoms with Gasteiger partial charge in [0.1, 0.15) is 0 Å². The molecule has 0 saturated heterocycles. The van der Waals surface area contributed by atoms with Crippen molar-refractivity contribution in [3.05, 3.63) is 14.7 Å². The fourth-order valence-corrected chi connectivity index (χ4v) is 5.35. The normalized spacial score (nSPS) is 11.7. The highest BCUT2D eigenvalue weighted by atomic mass is 79.9. The zero-order valence-corrected chi connectivity index (χ0v) is 13.9. The lowest BCUT2D eigenvalue weighted by atomic mass is 10.4. The molecule has 8 heteroatoms. The van der Waals surface area contributed by atoms with Gasteiger partial charge in [0, 0.05) is 31.5 Å². The Morgan fingerprint density at radius 1 is 1.53 bits per heavy atom. The summed E-state index contributed by atoms with van der Waals surface area (Å²) >= 11 is 4.66. The summed E-state index contributed by atoms with van der Waals surface area (Å²) in [5.41, 5.74) is 0. The van der Waals surface area contributed by atoms with Crippen LogP contribution in [0.15, 0.2) is 14.7 Å². The Bertz CT molecular complexity index is 563. The minimum Gasteiger partial charge on any atom is -0.383 e. The number of ether oxygens (including phenoxy) is 1. The van der Waals surface area contributed by atoms with Crippen LogP contribution in [0, 0.1) is 18.3 Å². The minimum absolute atomic E-state index is 0.160. The predicted octanol–water partition coefficient (Wildman–Crippen LogP) is 2.37. The zero-order valence-electron chi connectivity index (χ0n) is 10.7. The largest absolute Gasteiger partial charge is 0.383 e. The lowest BCUT2D eigenvalue weighted by molar-refractivity contribution is 0.179. The summed E-state index contributed by atoms with van der Waals surface area (Å²) in [5.74, 6) is 0. The SMILES string of the molecule is COCCN(CCC#N)S(=O)(=O)c1cc(Br)sc1C. The van der Waals surface area contributed by atoms with E-state index in [4.69, 9.17) is 10.00 Å². The molecule has 0 radical (unpaired) electrons. The molecule has 1 heterocycles. The lowest BCUT2D eigenvalue weighted by Crippen LogP contribution is -2.34. The smallest absolute Gasteiger partial charge is 0.244 e. The van der Waals surface area contributed by atoms with Crippen LogP contribution >= 0.6 is 27.3 Å². The van der Waals surface area contributed by atoms with Gasteiger partial charge in [0.25, 0.3) is 0 Å². The van der Waals surface area contributed by atoms with Gasteiger partial charge in [-0.25, -0.2) is 8.42 Å². The number of hydrogen-bond donors (Lipinski definition) is 0. The molecule has 0 aliphatic carbocycles. The third-order valence-electron chi connectivity index (χ3n) is 2.48. The van der Waals surface area contributed by atoms with Gasteiger partial charge in [-0.15, -0.1) is 11.3 Å². The Balaban J connectivity index is 3.04. The standard InChI is InChI=1S/C11H15BrN2O3S2/c1-9-10(8-11(12)18-9)19(15,16)14(5-3-4-13)6-7-17-2/h8H,3,5-7H2,1-2H3. The molecule has 19 heavy (non-hydrogen) atoms. The average molecular weight is 367 g/mol. The number of rotatable bonds is 7. The summed E-state index contributed by atoms with van der Waals surface area (Å²) in [6.07, 6.45) is 0.160. The van der Waals surface area contributed by atoms with Crippen molar-refractivity contribution >= 4 is 37.3 Å². The number of methoxy groups -OCH3 is 1. The maximum absolute atomic E-state index is 12.5. The van der Waals surface area contributed by atoms with Crippen molar-refractivity contribution in [3.63, 3.8) is 0 Å². The quantitative estimate of drug-likeness (QED) is 0.742. The van der Waals surface area contributed by atoms with E-state index in [2.05, 4.69) is 15.9 Å². The zero-order chi connectivity index (χ0) is 14.5. The first-order chi connectivity index (χ1) is 8.93. The van der Waals surface area contributed by atoms with E-state index >= 15 is 0 Å². The van der Waals surface area contributed by atoms with E-state index in [1.54, 1.807) is 13.0 Å².